The number of nitrogens with zero attached hydrogens (tertiary/aromatic N) is 5. The molecule has 0 aromatic carbocycles. The number of nitrogens with one attached hydrogen (secondary N) is 3. The SMILES string of the molecule is Cc1ccc(-c2ccnc3nc(-c4[nH]nc5ncc(-c6cncc(NC(=O)C7CC7)c6)c(F)c45)[nH]c23)s1. The second kappa shape index (κ2) is 8.27. The molecular formula is C26H19FN8OS. The molecule has 1 saturated carbocycles. The largest absolute Gasteiger partial charge is 0.335 e. The molecule has 6 aromatic rings. The number of hydrogen-bond donors (Lipinski definition) is 3. The number of halogens is 1. The Bertz CT molecular complexity index is 1830. The Labute approximate surface area is 213 Å². The van der Waals surface area contributed by atoms with Crippen molar-refractivity contribution >= 4 is 45.1 Å². The molecule has 0 atom stereocenters. The van der Waals surface area contributed by atoms with E-state index in [1.807, 2.05) is 6.07 Å². The van der Waals surface area contributed by atoms with Gasteiger partial charge in [0, 0.05) is 51.0 Å². The quantitative estimate of drug-likeness (QED) is 0.282. The number of amides is 1. The summed E-state index contributed by atoms with van der Waals surface area (Å²) in [4.78, 5) is 35.3. The zero-order valence-corrected chi connectivity index (χ0v) is 20.4. The van der Waals surface area contributed by atoms with Crippen molar-refractivity contribution in [1.82, 2.24) is 35.1 Å². The van der Waals surface area contributed by atoms with Gasteiger partial charge in [-0.25, -0.2) is 19.3 Å². The molecule has 0 aliphatic heterocycles. The van der Waals surface area contributed by atoms with Crippen LogP contribution in [0.3, 0.4) is 0 Å². The number of aryl methyl sites for hydroxylation is 1. The molecule has 3 N–H and O–H groups in total. The number of carbonyl (C=O) groups is 1. The first-order valence-corrected chi connectivity index (χ1v) is 12.6. The Balaban J connectivity index is 1.32. The van der Waals surface area contributed by atoms with Gasteiger partial charge in [0.1, 0.15) is 11.5 Å². The van der Waals surface area contributed by atoms with Crippen molar-refractivity contribution in [3.63, 3.8) is 0 Å². The molecule has 7 rings (SSSR count). The van der Waals surface area contributed by atoms with Crippen molar-refractivity contribution in [3.05, 3.63) is 59.7 Å². The fourth-order valence-corrected chi connectivity index (χ4v) is 5.28. The van der Waals surface area contributed by atoms with E-state index in [0.717, 1.165) is 28.8 Å². The smallest absolute Gasteiger partial charge is 0.227 e. The standard InChI is InChI=1S/C26H19FN8OS/c1-12-2-5-18(37-12)16-6-7-29-24-21(16)32-25(33-24)22-19-20(27)17(11-30-23(19)35-34-22)14-8-15(10-28-9-14)31-26(36)13-3-4-13/h2,5-11,13H,3-4H2,1H3,(H,31,36)(H,29,32,33)(H,30,34,35). The summed E-state index contributed by atoms with van der Waals surface area (Å²) in [5.74, 6) is -0.0915. The molecule has 1 amide bonds. The maximum absolute atomic E-state index is 16.0. The van der Waals surface area contributed by atoms with Crippen LogP contribution < -0.4 is 5.32 Å². The van der Waals surface area contributed by atoms with Crippen LogP contribution in [0.25, 0.3) is 55.3 Å². The fourth-order valence-electron chi connectivity index (χ4n) is 4.38. The van der Waals surface area contributed by atoms with Crippen molar-refractivity contribution in [2.45, 2.75) is 19.8 Å². The third kappa shape index (κ3) is 3.75. The summed E-state index contributed by atoms with van der Waals surface area (Å²) in [6.07, 6.45) is 8.00. The highest BCUT2D eigenvalue weighted by Crippen LogP contribution is 2.36. The molecule has 1 fully saturated rings. The Morgan fingerprint density at radius 3 is 2.81 bits per heavy atom. The van der Waals surface area contributed by atoms with Gasteiger partial charge in [0.15, 0.2) is 17.1 Å². The first kappa shape index (κ1) is 21.7. The minimum atomic E-state index is -0.510. The first-order valence-electron chi connectivity index (χ1n) is 11.8. The highest BCUT2D eigenvalue weighted by molar-refractivity contribution is 7.15. The van der Waals surface area contributed by atoms with E-state index in [4.69, 9.17) is 0 Å². The molecule has 1 aliphatic carbocycles. The second-order valence-electron chi connectivity index (χ2n) is 9.06. The maximum atomic E-state index is 16.0. The molecule has 0 bridgehead atoms. The van der Waals surface area contributed by atoms with Gasteiger partial charge in [0.25, 0.3) is 0 Å². The number of thiophene rings is 1. The topological polar surface area (TPSA) is 125 Å². The number of carbonyl (C=O) groups excluding carboxylic acids is 1. The molecule has 6 heterocycles. The predicted molar refractivity (Wildman–Crippen MR) is 139 cm³/mol. The van der Waals surface area contributed by atoms with E-state index >= 15 is 4.39 Å². The normalized spacial score (nSPS) is 13.5. The Hall–Kier alpha value is -4.51. The van der Waals surface area contributed by atoms with E-state index in [1.165, 1.54) is 11.1 Å². The van der Waals surface area contributed by atoms with Crippen LogP contribution in [-0.2, 0) is 4.79 Å². The first-order chi connectivity index (χ1) is 18.0. The number of rotatable bonds is 5. The van der Waals surface area contributed by atoms with Crippen LogP contribution in [0.2, 0.25) is 0 Å². The molecule has 11 heteroatoms. The number of aromatic nitrogens is 7. The van der Waals surface area contributed by atoms with Crippen molar-refractivity contribution in [1.29, 1.82) is 0 Å². The monoisotopic (exact) mass is 510 g/mol. The van der Waals surface area contributed by atoms with Crippen molar-refractivity contribution in [2.24, 2.45) is 5.92 Å². The molecule has 9 nitrogen and oxygen atoms in total. The number of aromatic amines is 2. The summed E-state index contributed by atoms with van der Waals surface area (Å²) in [5, 5.41) is 10.1. The van der Waals surface area contributed by atoms with Crippen molar-refractivity contribution < 1.29 is 9.18 Å². The molecular weight excluding hydrogens is 491 g/mol. The lowest BCUT2D eigenvalue weighted by Crippen LogP contribution is -2.13. The minimum Gasteiger partial charge on any atom is -0.335 e. The number of imidazole rings is 1. The number of hydrogen-bond acceptors (Lipinski definition) is 7. The van der Waals surface area contributed by atoms with Crippen LogP contribution in [0, 0.1) is 18.7 Å². The molecule has 37 heavy (non-hydrogen) atoms. The number of anilines is 1. The molecule has 0 radical (unpaired) electrons. The molecule has 0 unspecified atom stereocenters. The van der Waals surface area contributed by atoms with E-state index in [1.54, 1.807) is 36.0 Å². The van der Waals surface area contributed by atoms with Gasteiger partial charge in [0.05, 0.1) is 22.8 Å². The average molecular weight is 511 g/mol. The zero-order valence-electron chi connectivity index (χ0n) is 19.5. The summed E-state index contributed by atoms with van der Waals surface area (Å²) in [7, 11) is 0. The van der Waals surface area contributed by atoms with Gasteiger partial charge in [0.2, 0.25) is 5.91 Å². The van der Waals surface area contributed by atoms with Crippen LogP contribution in [0.5, 0.6) is 0 Å². The summed E-state index contributed by atoms with van der Waals surface area (Å²) >= 11 is 1.68. The number of H-pyrrole nitrogens is 2. The van der Waals surface area contributed by atoms with Gasteiger partial charge in [-0.05, 0) is 44.0 Å². The lowest BCUT2D eigenvalue weighted by atomic mass is 10.1. The van der Waals surface area contributed by atoms with Gasteiger partial charge in [-0.1, -0.05) is 0 Å². The van der Waals surface area contributed by atoms with Crippen LogP contribution >= 0.6 is 11.3 Å². The minimum absolute atomic E-state index is 0.0410. The van der Waals surface area contributed by atoms with Gasteiger partial charge in [-0.15, -0.1) is 11.3 Å². The number of pyridine rings is 3. The van der Waals surface area contributed by atoms with Crippen LogP contribution in [0.15, 0.2) is 49.1 Å². The second-order valence-corrected chi connectivity index (χ2v) is 10.3. The van der Waals surface area contributed by atoms with E-state index < -0.39 is 5.82 Å². The third-order valence-corrected chi connectivity index (χ3v) is 7.45. The zero-order chi connectivity index (χ0) is 25.1. The highest BCUT2D eigenvalue weighted by atomic mass is 32.1. The van der Waals surface area contributed by atoms with Gasteiger partial charge >= 0.3 is 0 Å². The van der Waals surface area contributed by atoms with E-state index in [-0.39, 0.29) is 28.4 Å². The number of fused-ring (bicyclic) bond motifs is 2. The molecule has 1 aliphatic rings. The molecule has 0 spiro atoms. The Morgan fingerprint density at radius 1 is 1.11 bits per heavy atom. The van der Waals surface area contributed by atoms with Gasteiger partial charge < -0.3 is 10.3 Å². The van der Waals surface area contributed by atoms with E-state index in [0.29, 0.717) is 28.4 Å². The summed E-state index contributed by atoms with van der Waals surface area (Å²) < 4.78 is 16.0. The lowest BCUT2D eigenvalue weighted by molar-refractivity contribution is -0.117. The third-order valence-electron chi connectivity index (χ3n) is 6.42. The maximum Gasteiger partial charge on any atom is 0.227 e. The van der Waals surface area contributed by atoms with Gasteiger partial charge in [-0.3, -0.25) is 14.9 Å². The van der Waals surface area contributed by atoms with Crippen molar-refractivity contribution in [2.75, 3.05) is 5.32 Å². The Morgan fingerprint density at radius 2 is 2.00 bits per heavy atom. The molecule has 0 saturated heterocycles. The summed E-state index contributed by atoms with van der Waals surface area (Å²) in [6.45, 7) is 2.06. The predicted octanol–water partition coefficient (Wildman–Crippen LogP) is 5.48. The molecule has 6 aromatic heterocycles. The van der Waals surface area contributed by atoms with Crippen LogP contribution in [0.4, 0.5) is 10.1 Å². The molecule has 182 valence electrons. The summed E-state index contributed by atoms with van der Waals surface area (Å²) in [6, 6.07) is 7.75. The van der Waals surface area contributed by atoms with E-state index in [9.17, 15) is 4.79 Å². The van der Waals surface area contributed by atoms with Gasteiger partial charge in [-0.2, -0.15) is 5.10 Å². The fraction of sp³-hybridized carbons (Fsp3) is 0.154. The highest BCUT2D eigenvalue weighted by Gasteiger charge is 2.29. The Kier molecular flexibility index (Phi) is 4.86. The van der Waals surface area contributed by atoms with Crippen LogP contribution in [-0.4, -0.2) is 41.0 Å². The van der Waals surface area contributed by atoms with Crippen molar-refractivity contribution in [3.8, 4) is 33.1 Å². The van der Waals surface area contributed by atoms with Crippen LogP contribution in [0.1, 0.15) is 17.7 Å². The lowest BCUT2D eigenvalue weighted by Gasteiger charge is -2.08. The van der Waals surface area contributed by atoms with E-state index in [2.05, 4.69) is 59.5 Å². The average Bonchev–Trinajstić information content (AvgIpc) is 3.29. The summed E-state index contributed by atoms with van der Waals surface area (Å²) in [5.41, 5.74) is 4.11.